The van der Waals surface area contributed by atoms with Crippen molar-refractivity contribution in [2.45, 2.75) is 31.7 Å². The summed E-state index contributed by atoms with van der Waals surface area (Å²) in [5.74, 6) is 3.80. The Morgan fingerprint density at radius 2 is 2.00 bits per heavy atom. The van der Waals surface area contributed by atoms with Crippen molar-refractivity contribution in [1.82, 2.24) is 15.5 Å². The number of benzene rings is 1. The first kappa shape index (κ1) is 23.8. The van der Waals surface area contributed by atoms with E-state index in [1.54, 1.807) is 0 Å². The second-order valence-electron chi connectivity index (χ2n) is 7.51. The van der Waals surface area contributed by atoms with E-state index in [1.807, 2.05) is 0 Å². The Hall–Kier alpha value is -0.510. The molecule has 2 N–H and O–H groups in total. The summed E-state index contributed by atoms with van der Waals surface area (Å²) >= 11 is 2.06. The van der Waals surface area contributed by atoms with Crippen LogP contribution < -0.4 is 10.6 Å². The van der Waals surface area contributed by atoms with Crippen LogP contribution in [0, 0.1) is 0 Å². The molecule has 2 fully saturated rings. The molecule has 1 aromatic carbocycles. The molecule has 1 aromatic rings. The molecule has 0 bridgehead atoms. The Labute approximate surface area is 191 Å². The molecule has 2 atom stereocenters. The highest BCUT2D eigenvalue weighted by molar-refractivity contribution is 14.0. The van der Waals surface area contributed by atoms with E-state index in [2.05, 4.69) is 71.5 Å². The van der Waals surface area contributed by atoms with Gasteiger partial charge in [0.25, 0.3) is 0 Å². The Kier molecular flexibility index (Phi) is 10.4. The number of halogens is 1. The van der Waals surface area contributed by atoms with Crippen LogP contribution in [0.25, 0.3) is 0 Å². The van der Waals surface area contributed by atoms with Crippen LogP contribution >= 0.6 is 35.7 Å². The lowest BCUT2D eigenvalue weighted by atomic mass is 9.96. The lowest BCUT2D eigenvalue weighted by molar-refractivity contribution is -0.0104. The van der Waals surface area contributed by atoms with Gasteiger partial charge in [0.2, 0.25) is 0 Å². The van der Waals surface area contributed by atoms with Crippen LogP contribution in [0.1, 0.15) is 31.7 Å². The van der Waals surface area contributed by atoms with Gasteiger partial charge >= 0.3 is 0 Å². The van der Waals surface area contributed by atoms with Gasteiger partial charge in [0, 0.05) is 31.9 Å². The maximum Gasteiger partial charge on any atom is 0.191 e. The van der Waals surface area contributed by atoms with Gasteiger partial charge in [0.05, 0.1) is 25.3 Å². The number of guanidine groups is 1. The second-order valence-corrected chi connectivity index (χ2v) is 8.62. The van der Waals surface area contributed by atoms with Crippen molar-refractivity contribution in [3.63, 3.8) is 0 Å². The summed E-state index contributed by atoms with van der Waals surface area (Å²) in [5.41, 5.74) is 1.56. The lowest BCUT2D eigenvalue weighted by Crippen LogP contribution is -2.56. The molecule has 2 heterocycles. The fourth-order valence-corrected chi connectivity index (χ4v) is 5.29. The van der Waals surface area contributed by atoms with Crippen LogP contribution in [-0.4, -0.2) is 73.8 Å². The van der Waals surface area contributed by atoms with Crippen LogP contribution in [0.2, 0.25) is 0 Å². The Morgan fingerprint density at radius 3 is 2.64 bits per heavy atom. The number of rotatable bonds is 7. The van der Waals surface area contributed by atoms with Crippen LogP contribution in [0.5, 0.6) is 0 Å². The van der Waals surface area contributed by atoms with Gasteiger partial charge in [-0.3, -0.25) is 9.89 Å². The smallest absolute Gasteiger partial charge is 0.191 e. The zero-order chi connectivity index (χ0) is 19.0. The summed E-state index contributed by atoms with van der Waals surface area (Å²) in [4.78, 5) is 7.63. The number of nitrogens with zero attached hydrogens (tertiary/aromatic N) is 2. The number of hydrogen-bond acceptors (Lipinski definition) is 4. The molecule has 0 aromatic heterocycles. The average Bonchev–Trinajstić information content (AvgIpc) is 3.21. The molecule has 0 spiro atoms. The third-order valence-electron chi connectivity index (χ3n) is 5.58. The molecule has 5 nitrogen and oxygen atoms in total. The molecular formula is C21H35IN4OS. The minimum Gasteiger partial charge on any atom is -0.379 e. The fraction of sp³-hybridized carbons (Fsp3) is 0.667. The van der Waals surface area contributed by atoms with Crippen molar-refractivity contribution in [1.29, 1.82) is 0 Å². The quantitative estimate of drug-likeness (QED) is 0.330. The van der Waals surface area contributed by atoms with E-state index in [0.717, 1.165) is 51.9 Å². The molecule has 2 aliphatic heterocycles. The van der Waals surface area contributed by atoms with Crippen LogP contribution in [0.15, 0.2) is 35.3 Å². The van der Waals surface area contributed by atoms with E-state index in [1.165, 1.54) is 23.5 Å². The first-order chi connectivity index (χ1) is 13.2. The van der Waals surface area contributed by atoms with Crippen molar-refractivity contribution < 1.29 is 4.74 Å². The molecule has 7 heteroatoms. The molecule has 0 radical (unpaired) electrons. The molecule has 3 rings (SSSR count). The van der Waals surface area contributed by atoms with Gasteiger partial charge in [-0.25, -0.2) is 0 Å². The molecule has 158 valence electrons. The van der Waals surface area contributed by atoms with Gasteiger partial charge in [-0.05, 0) is 30.6 Å². The number of thioether (sulfide) groups is 1. The predicted octanol–water partition coefficient (Wildman–Crippen LogP) is 3.17. The van der Waals surface area contributed by atoms with Crippen molar-refractivity contribution in [2.75, 3.05) is 57.4 Å². The standard InChI is InChI=1S/C21H34N4OS.HI/c1-3-22-20(23-15-18(2)19-7-5-4-6-8-19)24-16-21(9-14-27-17-21)25-10-12-26-13-11-25;/h4-8,18H,3,9-17H2,1-2H3,(H2,22,23,24);1H. The summed E-state index contributed by atoms with van der Waals surface area (Å²) in [7, 11) is 0. The van der Waals surface area contributed by atoms with Gasteiger partial charge in [0.15, 0.2) is 5.96 Å². The van der Waals surface area contributed by atoms with Crippen molar-refractivity contribution >= 4 is 41.7 Å². The number of ether oxygens (including phenoxy) is 1. The van der Waals surface area contributed by atoms with Crippen molar-refractivity contribution in [3.05, 3.63) is 35.9 Å². The minimum absolute atomic E-state index is 0. The third kappa shape index (κ3) is 6.50. The molecular weight excluding hydrogens is 483 g/mol. The van der Waals surface area contributed by atoms with Crippen LogP contribution in [0.3, 0.4) is 0 Å². The number of nitrogens with one attached hydrogen (secondary N) is 2. The molecule has 2 unspecified atom stereocenters. The molecule has 2 aliphatic rings. The second kappa shape index (κ2) is 12.2. The molecule has 2 saturated heterocycles. The van der Waals surface area contributed by atoms with E-state index >= 15 is 0 Å². The Morgan fingerprint density at radius 1 is 1.25 bits per heavy atom. The zero-order valence-electron chi connectivity index (χ0n) is 17.2. The van der Waals surface area contributed by atoms with Gasteiger partial charge in [-0.2, -0.15) is 11.8 Å². The fourth-order valence-electron chi connectivity index (χ4n) is 3.83. The van der Waals surface area contributed by atoms with Crippen molar-refractivity contribution in [2.24, 2.45) is 4.99 Å². The normalized spacial score (nSPS) is 24.4. The van der Waals surface area contributed by atoms with Gasteiger partial charge in [0.1, 0.15) is 0 Å². The molecule has 28 heavy (non-hydrogen) atoms. The predicted molar refractivity (Wildman–Crippen MR) is 131 cm³/mol. The Bertz CT molecular complexity index is 589. The molecule has 0 saturated carbocycles. The summed E-state index contributed by atoms with van der Waals surface area (Å²) in [6.45, 7) is 10.8. The highest BCUT2D eigenvalue weighted by atomic mass is 127. The maximum absolute atomic E-state index is 5.57. The average molecular weight is 519 g/mol. The first-order valence-electron chi connectivity index (χ1n) is 10.2. The first-order valence-corrected chi connectivity index (χ1v) is 11.4. The largest absolute Gasteiger partial charge is 0.379 e. The summed E-state index contributed by atoms with van der Waals surface area (Å²) < 4.78 is 5.57. The minimum atomic E-state index is 0. The van der Waals surface area contributed by atoms with Crippen LogP contribution in [-0.2, 0) is 4.74 Å². The number of aliphatic imine (C=N–C) groups is 1. The zero-order valence-corrected chi connectivity index (χ0v) is 20.3. The highest BCUT2D eigenvalue weighted by Gasteiger charge is 2.40. The summed E-state index contributed by atoms with van der Waals surface area (Å²) in [6.07, 6.45) is 1.22. The van der Waals surface area contributed by atoms with E-state index in [9.17, 15) is 0 Å². The lowest BCUT2D eigenvalue weighted by Gasteiger charge is -2.42. The van der Waals surface area contributed by atoms with E-state index in [0.29, 0.717) is 5.92 Å². The molecule has 0 amide bonds. The van der Waals surface area contributed by atoms with Gasteiger partial charge in [-0.1, -0.05) is 37.3 Å². The van der Waals surface area contributed by atoms with E-state index in [-0.39, 0.29) is 29.5 Å². The molecule has 0 aliphatic carbocycles. The van der Waals surface area contributed by atoms with Gasteiger partial charge in [-0.15, -0.1) is 24.0 Å². The summed E-state index contributed by atoms with van der Waals surface area (Å²) in [5, 5.41) is 6.97. The maximum atomic E-state index is 5.57. The third-order valence-corrected chi connectivity index (χ3v) is 6.82. The van der Waals surface area contributed by atoms with Gasteiger partial charge < -0.3 is 15.4 Å². The number of morpholine rings is 1. The topological polar surface area (TPSA) is 48.9 Å². The van der Waals surface area contributed by atoms with E-state index in [4.69, 9.17) is 9.73 Å². The summed E-state index contributed by atoms with van der Waals surface area (Å²) in [6, 6.07) is 10.7. The van der Waals surface area contributed by atoms with E-state index < -0.39 is 0 Å². The SMILES string of the molecule is CCNC(=NCC1(N2CCOCC2)CCSC1)NCC(C)c1ccccc1.I. The Balaban J connectivity index is 0.00000280. The number of hydrogen-bond donors (Lipinski definition) is 2. The van der Waals surface area contributed by atoms with Crippen LogP contribution in [0.4, 0.5) is 0 Å². The monoisotopic (exact) mass is 518 g/mol. The highest BCUT2D eigenvalue weighted by Crippen LogP contribution is 2.34. The van der Waals surface area contributed by atoms with Crippen molar-refractivity contribution in [3.8, 4) is 0 Å².